The summed E-state index contributed by atoms with van der Waals surface area (Å²) in [5.74, 6) is 0. The first-order valence-electron chi connectivity index (χ1n) is 5.51. The Bertz CT molecular complexity index is 506. The summed E-state index contributed by atoms with van der Waals surface area (Å²) in [6.07, 6.45) is 3.18. The van der Waals surface area contributed by atoms with E-state index < -0.39 is 9.84 Å². The number of hydrogen-bond donors (Lipinski definition) is 1. The van der Waals surface area contributed by atoms with Gasteiger partial charge in [0.2, 0.25) is 0 Å². The molecule has 1 aliphatic heterocycles. The predicted molar refractivity (Wildman–Crippen MR) is 64.6 cm³/mol. The van der Waals surface area contributed by atoms with Crippen LogP contribution in [0, 0.1) is 6.92 Å². The van der Waals surface area contributed by atoms with Crippen molar-refractivity contribution in [2.24, 2.45) is 0 Å². The van der Waals surface area contributed by atoms with Crippen molar-refractivity contribution in [2.75, 3.05) is 19.3 Å². The number of aryl methyl sites for hydroxylation is 1. The lowest BCUT2D eigenvalue weighted by molar-refractivity contribution is 0.601. The van der Waals surface area contributed by atoms with Crippen LogP contribution in [0.2, 0.25) is 0 Å². The van der Waals surface area contributed by atoms with E-state index in [9.17, 15) is 8.42 Å². The Hall–Kier alpha value is -0.870. The van der Waals surface area contributed by atoms with Gasteiger partial charge >= 0.3 is 0 Å². The zero-order chi connectivity index (χ0) is 11.8. The molecule has 1 aromatic rings. The molecule has 0 saturated carbocycles. The molecule has 1 aromatic carbocycles. The summed E-state index contributed by atoms with van der Waals surface area (Å²) in [6.45, 7) is 3.78. The molecule has 0 fully saturated rings. The quantitative estimate of drug-likeness (QED) is 0.798. The SMILES string of the molecule is Cc1cc2c(cc1S(C)(=O)=O)CCNCC2. The van der Waals surface area contributed by atoms with Crippen molar-refractivity contribution in [3.63, 3.8) is 0 Å². The van der Waals surface area contributed by atoms with E-state index >= 15 is 0 Å². The zero-order valence-electron chi connectivity index (χ0n) is 9.71. The van der Waals surface area contributed by atoms with Crippen molar-refractivity contribution < 1.29 is 8.42 Å². The van der Waals surface area contributed by atoms with Crippen LogP contribution in [0.5, 0.6) is 0 Å². The molecule has 1 N–H and O–H groups in total. The van der Waals surface area contributed by atoms with E-state index in [1.807, 2.05) is 19.1 Å². The Morgan fingerprint density at radius 2 is 1.69 bits per heavy atom. The molecule has 0 aromatic heterocycles. The van der Waals surface area contributed by atoms with Crippen molar-refractivity contribution in [1.82, 2.24) is 5.32 Å². The summed E-state index contributed by atoms with van der Waals surface area (Å²) in [7, 11) is -3.10. The van der Waals surface area contributed by atoms with E-state index in [0.717, 1.165) is 31.5 Å². The normalized spacial score (nSPS) is 16.6. The van der Waals surface area contributed by atoms with Crippen molar-refractivity contribution in [3.8, 4) is 0 Å². The summed E-state index contributed by atoms with van der Waals surface area (Å²) in [5, 5.41) is 3.32. The van der Waals surface area contributed by atoms with E-state index in [4.69, 9.17) is 0 Å². The van der Waals surface area contributed by atoms with Gasteiger partial charge in [-0.2, -0.15) is 0 Å². The molecule has 1 aliphatic rings. The number of fused-ring (bicyclic) bond motifs is 1. The van der Waals surface area contributed by atoms with Gasteiger partial charge in [-0.25, -0.2) is 8.42 Å². The second kappa shape index (κ2) is 4.18. The van der Waals surface area contributed by atoms with Gasteiger partial charge in [-0.15, -0.1) is 0 Å². The molecule has 16 heavy (non-hydrogen) atoms. The highest BCUT2D eigenvalue weighted by atomic mass is 32.2. The highest BCUT2D eigenvalue weighted by Gasteiger charge is 2.15. The number of benzene rings is 1. The first-order valence-corrected chi connectivity index (χ1v) is 7.41. The Morgan fingerprint density at radius 1 is 1.12 bits per heavy atom. The fourth-order valence-corrected chi connectivity index (χ4v) is 3.23. The van der Waals surface area contributed by atoms with Gasteiger partial charge in [-0.05, 0) is 55.6 Å². The molecule has 3 nitrogen and oxygen atoms in total. The summed E-state index contributed by atoms with van der Waals surface area (Å²) in [4.78, 5) is 0.480. The molecule has 0 aliphatic carbocycles. The average Bonchev–Trinajstić information content (AvgIpc) is 2.39. The van der Waals surface area contributed by atoms with E-state index in [1.165, 1.54) is 17.4 Å². The summed E-state index contributed by atoms with van der Waals surface area (Å²) in [6, 6.07) is 3.88. The van der Waals surface area contributed by atoms with Gasteiger partial charge in [0.05, 0.1) is 4.90 Å². The molecule has 1 heterocycles. The Kier molecular flexibility index (Phi) is 3.04. The first kappa shape index (κ1) is 11.6. The average molecular weight is 239 g/mol. The summed E-state index contributed by atoms with van der Waals surface area (Å²) >= 11 is 0. The van der Waals surface area contributed by atoms with Crippen LogP contribution in [0.4, 0.5) is 0 Å². The van der Waals surface area contributed by atoms with Gasteiger partial charge in [-0.1, -0.05) is 6.07 Å². The van der Waals surface area contributed by atoms with Crippen LogP contribution in [-0.2, 0) is 22.7 Å². The van der Waals surface area contributed by atoms with Gasteiger partial charge in [0.25, 0.3) is 0 Å². The van der Waals surface area contributed by atoms with Crippen LogP contribution < -0.4 is 5.32 Å². The van der Waals surface area contributed by atoms with Crippen molar-refractivity contribution in [3.05, 3.63) is 28.8 Å². The van der Waals surface area contributed by atoms with Crippen LogP contribution in [0.25, 0.3) is 0 Å². The molecule has 2 rings (SSSR count). The Balaban J connectivity index is 2.56. The highest BCUT2D eigenvalue weighted by molar-refractivity contribution is 7.90. The molecule has 4 heteroatoms. The van der Waals surface area contributed by atoms with Gasteiger partial charge in [0.15, 0.2) is 9.84 Å². The number of nitrogens with one attached hydrogen (secondary N) is 1. The molecule has 0 saturated heterocycles. The van der Waals surface area contributed by atoms with Crippen molar-refractivity contribution >= 4 is 9.84 Å². The van der Waals surface area contributed by atoms with Crippen LogP contribution >= 0.6 is 0 Å². The maximum Gasteiger partial charge on any atom is 0.175 e. The third kappa shape index (κ3) is 2.28. The standard InChI is InChI=1S/C12H17NO2S/c1-9-7-10-3-5-13-6-4-11(10)8-12(9)16(2,14)15/h7-8,13H,3-6H2,1-2H3. The minimum atomic E-state index is -3.10. The molecular formula is C12H17NO2S. The fourth-order valence-electron chi connectivity index (χ4n) is 2.23. The smallest absolute Gasteiger partial charge is 0.175 e. The minimum absolute atomic E-state index is 0.480. The predicted octanol–water partition coefficient (Wildman–Crippen LogP) is 1.09. The van der Waals surface area contributed by atoms with E-state index in [2.05, 4.69) is 5.32 Å². The van der Waals surface area contributed by atoms with Gasteiger partial charge in [0, 0.05) is 6.26 Å². The largest absolute Gasteiger partial charge is 0.316 e. The Labute approximate surface area is 96.8 Å². The van der Waals surface area contributed by atoms with Crippen LogP contribution in [0.15, 0.2) is 17.0 Å². The topological polar surface area (TPSA) is 46.2 Å². The summed E-state index contributed by atoms with van der Waals surface area (Å²) in [5.41, 5.74) is 3.33. The molecule has 0 spiro atoms. The maximum absolute atomic E-state index is 11.6. The van der Waals surface area contributed by atoms with Crippen LogP contribution in [0.1, 0.15) is 16.7 Å². The maximum atomic E-state index is 11.6. The molecule has 0 unspecified atom stereocenters. The number of rotatable bonds is 1. The minimum Gasteiger partial charge on any atom is -0.316 e. The monoisotopic (exact) mass is 239 g/mol. The lowest BCUT2D eigenvalue weighted by Crippen LogP contribution is -2.16. The van der Waals surface area contributed by atoms with Crippen LogP contribution in [-0.4, -0.2) is 27.8 Å². The van der Waals surface area contributed by atoms with Gasteiger partial charge in [0.1, 0.15) is 0 Å². The third-order valence-corrected chi connectivity index (χ3v) is 4.28. The van der Waals surface area contributed by atoms with E-state index in [1.54, 1.807) is 0 Å². The highest BCUT2D eigenvalue weighted by Crippen LogP contribution is 2.22. The first-order chi connectivity index (χ1) is 7.48. The number of hydrogen-bond acceptors (Lipinski definition) is 3. The second-order valence-electron chi connectivity index (χ2n) is 4.41. The second-order valence-corrected chi connectivity index (χ2v) is 6.39. The van der Waals surface area contributed by atoms with Gasteiger partial charge in [-0.3, -0.25) is 0 Å². The molecule has 0 atom stereocenters. The lowest BCUT2D eigenvalue weighted by Gasteiger charge is -2.10. The Morgan fingerprint density at radius 3 is 2.25 bits per heavy atom. The van der Waals surface area contributed by atoms with Crippen molar-refractivity contribution in [1.29, 1.82) is 0 Å². The van der Waals surface area contributed by atoms with E-state index in [0.29, 0.717) is 4.90 Å². The van der Waals surface area contributed by atoms with Gasteiger partial charge < -0.3 is 5.32 Å². The zero-order valence-corrected chi connectivity index (χ0v) is 10.5. The summed E-state index contributed by atoms with van der Waals surface area (Å²) < 4.78 is 23.2. The number of sulfone groups is 1. The molecule has 0 amide bonds. The van der Waals surface area contributed by atoms with Crippen LogP contribution in [0.3, 0.4) is 0 Å². The molecular weight excluding hydrogens is 222 g/mol. The third-order valence-electron chi connectivity index (χ3n) is 3.04. The molecule has 88 valence electrons. The molecule has 0 bridgehead atoms. The van der Waals surface area contributed by atoms with Crippen molar-refractivity contribution in [2.45, 2.75) is 24.7 Å². The fraction of sp³-hybridized carbons (Fsp3) is 0.500. The van der Waals surface area contributed by atoms with E-state index in [-0.39, 0.29) is 0 Å². The lowest BCUT2D eigenvalue weighted by atomic mass is 10.0. The molecule has 0 radical (unpaired) electrons.